The molecular weight excluding hydrogens is 350 g/mol. The molecule has 2 N–H and O–H groups in total. The highest BCUT2D eigenvalue weighted by Crippen LogP contribution is 2.38. The maximum Gasteiger partial charge on any atom is 0.252 e. The van der Waals surface area contributed by atoms with Crippen molar-refractivity contribution in [2.45, 2.75) is 19.5 Å². The highest BCUT2D eigenvalue weighted by atomic mass is 16.5. The van der Waals surface area contributed by atoms with E-state index >= 15 is 0 Å². The van der Waals surface area contributed by atoms with Gasteiger partial charge >= 0.3 is 0 Å². The molecule has 0 unspecified atom stereocenters. The van der Waals surface area contributed by atoms with Gasteiger partial charge in [-0.15, -0.1) is 0 Å². The molecule has 0 fully saturated rings. The lowest BCUT2D eigenvalue weighted by atomic mass is 10.1. The molecule has 1 heterocycles. The molecule has 0 aliphatic heterocycles. The number of rotatable bonds is 8. The van der Waals surface area contributed by atoms with Crippen LogP contribution in [0.15, 0.2) is 36.7 Å². The fourth-order valence-electron chi connectivity index (χ4n) is 2.40. The van der Waals surface area contributed by atoms with Crippen molar-refractivity contribution >= 4 is 11.8 Å². The summed E-state index contributed by atoms with van der Waals surface area (Å²) in [5.41, 5.74) is 1.16. The average Bonchev–Trinajstić information content (AvgIpc) is 2.71. The first-order chi connectivity index (χ1) is 13.0. The highest BCUT2D eigenvalue weighted by molar-refractivity contribution is 5.98. The molecular formula is C19H23N3O5. The molecule has 0 saturated carbocycles. The molecule has 2 rings (SSSR count). The molecule has 0 radical (unpaired) electrons. The molecule has 1 aromatic heterocycles. The first kappa shape index (κ1) is 20.0. The molecule has 0 aliphatic rings. The van der Waals surface area contributed by atoms with Gasteiger partial charge in [0.05, 0.1) is 21.3 Å². The lowest BCUT2D eigenvalue weighted by molar-refractivity contribution is -0.122. The normalized spacial score (nSPS) is 11.3. The van der Waals surface area contributed by atoms with E-state index < -0.39 is 11.9 Å². The standard InChI is InChI=1S/C19H23N3O5/c1-12(18(23)21-11-13-6-5-7-20-10-13)22-19(24)14-8-15(25-2)17(27-4)16(9-14)26-3/h5-10,12H,11H2,1-4H3,(H,21,23)(H,22,24)/t12-/m1/s1. The predicted molar refractivity (Wildman–Crippen MR) is 99.1 cm³/mol. The highest BCUT2D eigenvalue weighted by Gasteiger charge is 2.20. The number of ether oxygens (including phenoxy) is 3. The van der Waals surface area contributed by atoms with E-state index in [0.29, 0.717) is 23.8 Å². The largest absolute Gasteiger partial charge is 0.493 e. The Bertz CT molecular complexity index is 770. The van der Waals surface area contributed by atoms with Crippen molar-refractivity contribution in [3.05, 3.63) is 47.8 Å². The van der Waals surface area contributed by atoms with Crippen molar-refractivity contribution in [1.29, 1.82) is 0 Å². The minimum absolute atomic E-state index is 0.288. The number of carbonyl (C=O) groups is 2. The third-order valence-electron chi connectivity index (χ3n) is 3.86. The third-order valence-corrected chi connectivity index (χ3v) is 3.86. The Morgan fingerprint density at radius 2 is 1.78 bits per heavy atom. The summed E-state index contributed by atoms with van der Waals surface area (Å²) < 4.78 is 15.7. The van der Waals surface area contributed by atoms with E-state index in [-0.39, 0.29) is 11.5 Å². The summed E-state index contributed by atoms with van der Waals surface area (Å²) in [7, 11) is 4.41. The van der Waals surface area contributed by atoms with Crippen LogP contribution in [0.25, 0.3) is 0 Å². The summed E-state index contributed by atoms with van der Waals surface area (Å²) >= 11 is 0. The summed E-state index contributed by atoms with van der Waals surface area (Å²) in [6.07, 6.45) is 3.32. The number of pyridine rings is 1. The fourth-order valence-corrected chi connectivity index (χ4v) is 2.40. The van der Waals surface area contributed by atoms with E-state index in [1.807, 2.05) is 6.07 Å². The summed E-state index contributed by atoms with van der Waals surface area (Å²) in [5.74, 6) is 0.364. The molecule has 27 heavy (non-hydrogen) atoms. The number of aromatic nitrogens is 1. The average molecular weight is 373 g/mol. The van der Waals surface area contributed by atoms with E-state index in [9.17, 15) is 9.59 Å². The molecule has 8 nitrogen and oxygen atoms in total. The molecule has 2 aromatic rings. The first-order valence-electron chi connectivity index (χ1n) is 8.27. The van der Waals surface area contributed by atoms with Crippen LogP contribution in [0.4, 0.5) is 0 Å². The van der Waals surface area contributed by atoms with Crippen LogP contribution in [0.3, 0.4) is 0 Å². The van der Waals surface area contributed by atoms with Gasteiger partial charge in [0.1, 0.15) is 6.04 Å². The van der Waals surface area contributed by atoms with Crippen LogP contribution in [-0.2, 0) is 11.3 Å². The number of amides is 2. The molecule has 0 bridgehead atoms. The Labute approximate surface area is 157 Å². The van der Waals surface area contributed by atoms with Crippen LogP contribution >= 0.6 is 0 Å². The molecule has 144 valence electrons. The number of hydrogen-bond acceptors (Lipinski definition) is 6. The maximum absolute atomic E-state index is 12.5. The van der Waals surface area contributed by atoms with Gasteiger partial charge in [-0.1, -0.05) is 6.07 Å². The van der Waals surface area contributed by atoms with Gasteiger partial charge in [-0.05, 0) is 30.7 Å². The minimum atomic E-state index is -0.728. The summed E-state index contributed by atoms with van der Waals surface area (Å²) in [5, 5.41) is 5.41. The number of nitrogens with one attached hydrogen (secondary N) is 2. The lowest BCUT2D eigenvalue weighted by Gasteiger charge is -2.16. The monoisotopic (exact) mass is 373 g/mol. The van der Waals surface area contributed by atoms with E-state index in [0.717, 1.165) is 5.56 Å². The molecule has 1 aromatic carbocycles. The van der Waals surface area contributed by atoms with Crippen molar-refractivity contribution in [1.82, 2.24) is 15.6 Å². The molecule has 0 aliphatic carbocycles. The van der Waals surface area contributed by atoms with Gasteiger partial charge in [-0.2, -0.15) is 0 Å². The van der Waals surface area contributed by atoms with Gasteiger partial charge in [0.25, 0.3) is 5.91 Å². The second-order valence-corrected chi connectivity index (χ2v) is 5.69. The summed E-state index contributed by atoms with van der Waals surface area (Å²) in [4.78, 5) is 28.7. The zero-order valence-electron chi connectivity index (χ0n) is 15.7. The zero-order valence-corrected chi connectivity index (χ0v) is 15.7. The SMILES string of the molecule is COc1cc(C(=O)N[C@H](C)C(=O)NCc2cccnc2)cc(OC)c1OC. The van der Waals surface area contributed by atoms with E-state index in [2.05, 4.69) is 15.6 Å². The van der Waals surface area contributed by atoms with Crippen molar-refractivity contribution in [3.8, 4) is 17.2 Å². The fraction of sp³-hybridized carbons (Fsp3) is 0.316. The molecule has 0 spiro atoms. The number of methoxy groups -OCH3 is 3. The quantitative estimate of drug-likeness (QED) is 0.728. The molecule has 0 saturated heterocycles. The Morgan fingerprint density at radius 1 is 1.11 bits per heavy atom. The summed E-state index contributed by atoms with van der Waals surface area (Å²) in [6.45, 7) is 1.94. The Morgan fingerprint density at radius 3 is 2.30 bits per heavy atom. The number of benzene rings is 1. The lowest BCUT2D eigenvalue weighted by Crippen LogP contribution is -2.44. The second kappa shape index (κ2) is 9.42. The number of hydrogen-bond donors (Lipinski definition) is 2. The van der Waals surface area contributed by atoms with Gasteiger partial charge in [-0.25, -0.2) is 0 Å². The zero-order chi connectivity index (χ0) is 19.8. The maximum atomic E-state index is 12.5. The second-order valence-electron chi connectivity index (χ2n) is 5.69. The molecule has 2 amide bonds. The summed E-state index contributed by atoms with van der Waals surface area (Å²) in [6, 6.07) is 5.96. The van der Waals surface area contributed by atoms with Gasteiger partial charge in [0.15, 0.2) is 11.5 Å². The Balaban J connectivity index is 2.04. The van der Waals surface area contributed by atoms with Crippen molar-refractivity contribution < 1.29 is 23.8 Å². The first-order valence-corrected chi connectivity index (χ1v) is 8.27. The Hall–Kier alpha value is -3.29. The van der Waals surface area contributed by atoms with E-state index in [4.69, 9.17) is 14.2 Å². The minimum Gasteiger partial charge on any atom is -0.493 e. The molecule has 1 atom stereocenters. The van der Waals surface area contributed by atoms with E-state index in [1.165, 1.54) is 33.5 Å². The van der Waals surface area contributed by atoms with Gasteiger partial charge < -0.3 is 24.8 Å². The van der Waals surface area contributed by atoms with Crippen LogP contribution in [0.5, 0.6) is 17.2 Å². The van der Waals surface area contributed by atoms with Crippen molar-refractivity contribution in [2.24, 2.45) is 0 Å². The molecule has 8 heteroatoms. The van der Waals surface area contributed by atoms with Crippen molar-refractivity contribution in [2.75, 3.05) is 21.3 Å². The van der Waals surface area contributed by atoms with Crippen LogP contribution in [-0.4, -0.2) is 44.2 Å². The van der Waals surface area contributed by atoms with Crippen LogP contribution in [0.2, 0.25) is 0 Å². The van der Waals surface area contributed by atoms with Gasteiger partial charge in [-0.3, -0.25) is 14.6 Å². The topological polar surface area (TPSA) is 98.8 Å². The van der Waals surface area contributed by atoms with E-state index in [1.54, 1.807) is 25.4 Å². The predicted octanol–water partition coefficient (Wildman–Crippen LogP) is 1.54. The van der Waals surface area contributed by atoms with Gasteiger partial charge in [0.2, 0.25) is 11.7 Å². The van der Waals surface area contributed by atoms with Crippen LogP contribution in [0.1, 0.15) is 22.8 Å². The van der Waals surface area contributed by atoms with Crippen LogP contribution < -0.4 is 24.8 Å². The smallest absolute Gasteiger partial charge is 0.252 e. The van der Waals surface area contributed by atoms with Crippen LogP contribution in [0, 0.1) is 0 Å². The number of nitrogens with zero attached hydrogens (tertiary/aromatic N) is 1. The third kappa shape index (κ3) is 5.10. The van der Waals surface area contributed by atoms with Crippen molar-refractivity contribution in [3.63, 3.8) is 0 Å². The van der Waals surface area contributed by atoms with Gasteiger partial charge in [0, 0.05) is 24.5 Å². The number of carbonyl (C=O) groups excluding carboxylic acids is 2. The Kier molecular flexibility index (Phi) is 6.99.